The van der Waals surface area contributed by atoms with Crippen molar-refractivity contribution in [2.24, 2.45) is 0 Å². The summed E-state index contributed by atoms with van der Waals surface area (Å²) >= 11 is 0. The molecule has 0 unspecified atom stereocenters. The van der Waals surface area contributed by atoms with Gasteiger partial charge < -0.3 is 15.0 Å². The van der Waals surface area contributed by atoms with E-state index in [2.05, 4.69) is 39.5 Å². The first-order valence-electron chi connectivity index (χ1n) is 8.46. The lowest BCUT2D eigenvalue weighted by Gasteiger charge is -2.33. The Bertz CT molecular complexity index is 577. The minimum Gasteiger partial charge on any atom is -0.494 e. The van der Waals surface area contributed by atoms with Crippen LogP contribution in [0.1, 0.15) is 25.3 Å². The maximum absolute atomic E-state index is 5.48. The highest BCUT2D eigenvalue weighted by atomic mass is 16.5. The van der Waals surface area contributed by atoms with Crippen LogP contribution in [-0.4, -0.2) is 30.7 Å². The first-order valence-corrected chi connectivity index (χ1v) is 8.46. The second kappa shape index (κ2) is 7.97. The summed E-state index contributed by atoms with van der Waals surface area (Å²) in [6.45, 7) is 5.77. The lowest BCUT2D eigenvalue weighted by atomic mass is 10.0. The van der Waals surface area contributed by atoms with E-state index in [-0.39, 0.29) is 0 Å². The predicted octanol–water partition coefficient (Wildman–Crippen LogP) is 3.24. The summed E-state index contributed by atoms with van der Waals surface area (Å²) in [7, 11) is 0. The molecule has 1 aromatic heterocycles. The maximum atomic E-state index is 5.48. The molecule has 0 spiro atoms. The van der Waals surface area contributed by atoms with Gasteiger partial charge in [0.2, 0.25) is 0 Å². The Kier molecular flexibility index (Phi) is 5.48. The Balaban J connectivity index is 1.44. The molecule has 0 amide bonds. The molecular formula is C19H25N3O. The van der Waals surface area contributed by atoms with Gasteiger partial charge in [-0.3, -0.25) is 0 Å². The average Bonchev–Trinajstić information content (AvgIpc) is 2.63. The van der Waals surface area contributed by atoms with E-state index in [4.69, 9.17) is 4.74 Å². The second-order valence-electron chi connectivity index (χ2n) is 5.91. The fraction of sp³-hybridized carbons (Fsp3) is 0.421. The summed E-state index contributed by atoms with van der Waals surface area (Å²) in [6.07, 6.45) is 4.19. The van der Waals surface area contributed by atoms with Gasteiger partial charge in [-0.25, -0.2) is 4.98 Å². The maximum Gasteiger partial charge on any atom is 0.128 e. The van der Waals surface area contributed by atoms with E-state index < -0.39 is 0 Å². The zero-order valence-electron chi connectivity index (χ0n) is 13.7. The van der Waals surface area contributed by atoms with Crippen LogP contribution in [0.25, 0.3) is 0 Å². The van der Waals surface area contributed by atoms with Crippen molar-refractivity contribution >= 4 is 5.82 Å². The number of hydrogen-bond donors (Lipinski definition) is 1. The highest BCUT2D eigenvalue weighted by Crippen LogP contribution is 2.18. The molecule has 0 atom stereocenters. The van der Waals surface area contributed by atoms with Gasteiger partial charge in [0.15, 0.2) is 0 Å². The molecule has 2 heterocycles. The van der Waals surface area contributed by atoms with Crippen LogP contribution in [0.3, 0.4) is 0 Å². The van der Waals surface area contributed by atoms with Crippen molar-refractivity contribution < 1.29 is 4.74 Å². The Labute approximate surface area is 138 Å². The Morgan fingerprint density at radius 2 is 1.91 bits per heavy atom. The van der Waals surface area contributed by atoms with Crippen LogP contribution in [0.15, 0.2) is 48.7 Å². The molecular weight excluding hydrogens is 286 g/mol. The third-order valence-electron chi connectivity index (χ3n) is 4.30. The van der Waals surface area contributed by atoms with Crippen molar-refractivity contribution in [2.45, 2.75) is 32.4 Å². The van der Waals surface area contributed by atoms with Crippen molar-refractivity contribution in [1.29, 1.82) is 0 Å². The Hall–Kier alpha value is -2.07. The lowest BCUT2D eigenvalue weighted by molar-refractivity contribution is 0.340. The molecule has 4 heteroatoms. The van der Waals surface area contributed by atoms with Gasteiger partial charge in [-0.05, 0) is 49.6 Å². The van der Waals surface area contributed by atoms with Crippen molar-refractivity contribution in [3.05, 3.63) is 54.2 Å². The number of benzene rings is 1. The van der Waals surface area contributed by atoms with Crippen molar-refractivity contribution in [3.63, 3.8) is 0 Å². The van der Waals surface area contributed by atoms with E-state index in [0.29, 0.717) is 12.6 Å². The molecule has 1 N–H and O–H groups in total. The van der Waals surface area contributed by atoms with Crippen LogP contribution < -0.4 is 15.0 Å². The number of nitrogens with zero attached hydrogens (tertiary/aromatic N) is 2. The quantitative estimate of drug-likeness (QED) is 0.889. The summed E-state index contributed by atoms with van der Waals surface area (Å²) < 4.78 is 5.48. The van der Waals surface area contributed by atoms with Crippen LogP contribution in [0.2, 0.25) is 0 Å². The molecule has 1 aliphatic heterocycles. The third kappa shape index (κ3) is 4.45. The molecule has 2 aromatic rings. The zero-order valence-corrected chi connectivity index (χ0v) is 13.7. The monoisotopic (exact) mass is 311 g/mol. The van der Waals surface area contributed by atoms with E-state index in [1.165, 1.54) is 5.56 Å². The van der Waals surface area contributed by atoms with Crippen LogP contribution >= 0.6 is 0 Å². The van der Waals surface area contributed by atoms with Gasteiger partial charge >= 0.3 is 0 Å². The number of pyridine rings is 1. The second-order valence-corrected chi connectivity index (χ2v) is 5.91. The number of aromatic nitrogens is 1. The molecule has 0 saturated carbocycles. The van der Waals surface area contributed by atoms with E-state index in [1.54, 1.807) is 0 Å². The molecule has 23 heavy (non-hydrogen) atoms. The fourth-order valence-corrected chi connectivity index (χ4v) is 2.99. The van der Waals surface area contributed by atoms with E-state index in [9.17, 15) is 0 Å². The highest BCUT2D eigenvalue weighted by Gasteiger charge is 2.19. The Morgan fingerprint density at radius 3 is 2.57 bits per heavy atom. The van der Waals surface area contributed by atoms with Gasteiger partial charge in [-0.2, -0.15) is 0 Å². The lowest BCUT2D eigenvalue weighted by Crippen LogP contribution is -2.42. The average molecular weight is 311 g/mol. The smallest absolute Gasteiger partial charge is 0.128 e. The fourth-order valence-electron chi connectivity index (χ4n) is 2.99. The highest BCUT2D eigenvalue weighted by molar-refractivity contribution is 5.38. The molecule has 0 radical (unpaired) electrons. The number of nitrogens with one attached hydrogen (secondary N) is 1. The van der Waals surface area contributed by atoms with Gasteiger partial charge in [0.1, 0.15) is 11.6 Å². The predicted molar refractivity (Wildman–Crippen MR) is 93.9 cm³/mol. The molecule has 1 saturated heterocycles. The van der Waals surface area contributed by atoms with E-state index in [1.807, 2.05) is 31.3 Å². The number of hydrogen-bond acceptors (Lipinski definition) is 4. The third-order valence-corrected chi connectivity index (χ3v) is 4.30. The SMILES string of the molecule is CCOc1ccc(CNC2CCN(c3ccccn3)CC2)cc1. The van der Waals surface area contributed by atoms with Gasteiger partial charge in [0.25, 0.3) is 0 Å². The molecule has 3 rings (SSSR count). The largest absolute Gasteiger partial charge is 0.494 e. The summed E-state index contributed by atoms with van der Waals surface area (Å²) in [4.78, 5) is 6.81. The van der Waals surface area contributed by atoms with Gasteiger partial charge in [-0.1, -0.05) is 18.2 Å². The summed E-state index contributed by atoms with van der Waals surface area (Å²) in [6, 6.07) is 15.1. The minimum absolute atomic E-state index is 0.585. The molecule has 122 valence electrons. The van der Waals surface area contributed by atoms with E-state index in [0.717, 1.165) is 44.0 Å². The molecule has 1 aromatic carbocycles. The van der Waals surface area contributed by atoms with Gasteiger partial charge in [-0.15, -0.1) is 0 Å². The molecule has 0 aliphatic carbocycles. The molecule has 1 fully saturated rings. The molecule has 1 aliphatic rings. The summed E-state index contributed by atoms with van der Waals surface area (Å²) in [5, 5.41) is 3.67. The number of ether oxygens (including phenoxy) is 1. The normalized spacial score (nSPS) is 15.6. The number of anilines is 1. The van der Waals surface area contributed by atoms with Gasteiger partial charge in [0.05, 0.1) is 6.61 Å². The van der Waals surface area contributed by atoms with Crippen LogP contribution in [0, 0.1) is 0 Å². The van der Waals surface area contributed by atoms with Crippen molar-refractivity contribution in [3.8, 4) is 5.75 Å². The van der Waals surface area contributed by atoms with Crippen LogP contribution in [0.5, 0.6) is 5.75 Å². The standard InChI is InChI=1S/C19H25N3O/c1-2-23-18-8-6-16(7-9-18)15-21-17-10-13-22(14-11-17)19-5-3-4-12-20-19/h3-9,12,17,21H,2,10-11,13-15H2,1H3. The molecule has 0 bridgehead atoms. The number of rotatable bonds is 6. The molecule has 4 nitrogen and oxygen atoms in total. The first-order chi connectivity index (χ1) is 11.3. The van der Waals surface area contributed by atoms with Crippen molar-refractivity contribution in [1.82, 2.24) is 10.3 Å². The minimum atomic E-state index is 0.585. The topological polar surface area (TPSA) is 37.4 Å². The summed E-state index contributed by atoms with van der Waals surface area (Å²) in [5.41, 5.74) is 1.31. The van der Waals surface area contributed by atoms with Crippen LogP contribution in [-0.2, 0) is 6.54 Å². The van der Waals surface area contributed by atoms with E-state index >= 15 is 0 Å². The van der Waals surface area contributed by atoms with Gasteiger partial charge in [0, 0.05) is 31.9 Å². The van der Waals surface area contributed by atoms with Crippen molar-refractivity contribution in [2.75, 3.05) is 24.6 Å². The van der Waals surface area contributed by atoms with Crippen LogP contribution in [0.4, 0.5) is 5.82 Å². The first kappa shape index (κ1) is 15.8. The zero-order chi connectivity index (χ0) is 15.9. The Morgan fingerprint density at radius 1 is 1.13 bits per heavy atom. The summed E-state index contributed by atoms with van der Waals surface area (Å²) in [5.74, 6) is 2.04. The number of piperidine rings is 1.